The normalized spacial score (nSPS) is 14.6. The molecule has 140 valence electrons. The van der Waals surface area contributed by atoms with Gasteiger partial charge in [0.2, 0.25) is 0 Å². The predicted molar refractivity (Wildman–Crippen MR) is 119 cm³/mol. The second-order valence-electron chi connectivity index (χ2n) is 6.79. The van der Waals surface area contributed by atoms with Crippen LogP contribution < -0.4 is 9.80 Å². The molecule has 0 saturated carbocycles. The lowest BCUT2D eigenvalue weighted by Gasteiger charge is -2.37. The fourth-order valence-electron chi connectivity index (χ4n) is 3.68. The zero-order valence-corrected chi connectivity index (χ0v) is 16.8. The van der Waals surface area contributed by atoms with Gasteiger partial charge in [-0.25, -0.2) is 9.97 Å². The Morgan fingerprint density at radius 2 is 1.54 bits per heavy atom. The molecule has 0 spiro atoms. The Hall–Kier alpha value is -2.63. The molecule has 0 unspecified atom stereocenters. The van der Waals surface area contributed by atoms with Crippen molar-refractivity contribution >= 4 is 45.3 Å². The summed E-state index contributed by atoms with van der Waals surface area (Å²) >= 11 is 8.06. The number of aromatic nitrogens is 2. The lowest BCUT2D eigenvalue weighted by atomic mass is 10.2. The third-order valence-electron chi connectivity index (χ3n) is 5.10. The maximum Gasteiger partial charge on any atom is 0.172 e. The highest BCUT2D eigenvalue weighted by Crippen LogP contribution is 2.31. The fraction of sp³-hybridized carbons (Fsp3) is 0.182. The van der Waals surface area contributed by atoms with Gasteiger partial charge in [-0.1, -0.05) is 41.9 Å². The number of hydrogen-bond acceptors (Lipinski definition) is 5. The Morgan fingerprint density at radius 1 is 0.786 bits per heavy atom. The van der Waals surface area contributed by atoms with Crippen LogP contribution in [0.2, 0.25) is 5.02 Å². The molecule has 28 heavy (non-hydrogen) atoms. The Kier molecular flexibility index (Phi) is 4.63. The van der Waals surface area contributed by atoms with E-state index >= 15 is 0 Å². The Morgan fingerprint density at radius 3 is 2.32 bits per heavy atom. The van der Waals surface area contributed by atoms with Crippen molar-refractivity contribution < 1.29 is 0 Å². The van der Waals surface area contributed by atoms with E-state index in [0.717, 1.165) is 64.3 Å². The second-order valence-corrected chi connectivity index (χ2v) is 8.15. The molecule has 0 amide bonds. The molecule has 0 aliphatic carbocycles. The first kappa shape index (κ1) is 17.5. The number of piperazine rings is 1. The Balaban J connectivity index is 1.47. The van der Waals surface area contributed by atoms with Crippen LogP contribution in [0.1, 0.15) is 0 Å². The van der Waals surface area contributed by atoms with E-state index < -0.39 is 0 Å². The highest BCUT2D eigenvalue weighted by molar-refractivity contribution is 7.13. The molecular formula is C22H19ClN4S. The van der Waals surface area contributed by atoms with E-state index in [1.807, 2.05) is 30.3 Å². The van der Waals surface area contributed by atoms with Crippen LogP contribution in [-0.2, 0) is 0 Å². The third-order valence-corrected chi connectivity index (χ3v) is 6.28. The number of para-hydroxylation sites is 2. The standard InChI is InChI=1S/C22H19ClN4S/c23-17-7-2-4-9-19(17)26-11-13-27(14-12-26)22-16-6-1-3-8-18(16)24-21(25-22)20-10-5-15-28-20/h1-10,15H,11-14H2. The van der Waals surface area contributed by atoms with Crippen molar-refractivity contribution in [1.82, 2.24) is 9.97 Å². The molecule has 4 nitrogen and oxygen atoms in total. The van der Waals surface area contributed by atoms with Crippen LogP contribution in [0, 0.1) is 0 Å². The summed E-state index contributed by atoms with van der Waals surface area (Å²) in [5, 5.41) is 3.98. The average Bonchev–Trinajstić information content (AvgIpc) is 3.29. The first-order chi connectivity index (χ1) is 13.8. The molecule has 3 heterocycles. The number of hydrogen-bond donors (Lipinski definition) is 0. The minimum absolute atomic E-state index is 0.803. The van der Waals surface area contributed by atoms with Gasteiger partial charge < -0.3 is 9.80 Å². The quantitative estimate of drug-likeness (QED) is 0.459. The van der Waals surface area contributed by atoms with E-state index in [1.54, 1.807) is 11.3 Å². The zero-order chi connectivity index (χ0) is 18.9. The maximum absolute atomic E-state index is 6.39. The smallest absolute Gasteiger partial charge is 0.172 e. The summed E-state index contributed by atoms with van der Waals surface area (Å²) in [5.41, 5.74) is 2.10. The van der Waals surface area contributed by atoms with Gasteiger partial charge in [0.05, 0.1) is 21.1 Å². The summed E-state index contributed by atoms with van der Waals surface area (Å²) in [5.74, 6) is 1.82. The van der Waals surface area contributed by atoms with Crippen molar-refractivity contribution in [1.29, 1.82) is 0 Å². The predicted octanol–water partition coefficient (Wildman–Crippen LogP) is 5.34. The van der Waals surface area contributed by atoms with Crippen LogP contribution in [-0.4, -0.2) is 36.1 Å². The monoisotopic (exact) mass is 406 g/mol. The largest absolute Gasteiger partial charge is 0.367 e. The second kappa shape index (κ2) is 7.41. The van der Waals surface area contributed by atoms with E-state index in [0.29, 0.717) is 0 Å². The van der Waals surface area contributed by atoms with E-state index in [-0.39, 0.29) is 0 Å². The minimum atomic E-state index is 0.803. The van der Waals surface area contributed by atoms with Crippen LogP contribution in [0.4, 0.5) is 11.5 Å². The van der Waals surface area contributed by atoms with Crippen LogP contribution in [0.3, 0.4) is 0 Å². The number of benzene rings is 2. The van der Waals surface area contributed by atoms with Crippen molar-refractivity contribution in [3.8, 4) is 10.7 Å². The SMILES string of the molecule is Clc1ccccc1N1CCN(c2nc(-c3cccs3)nc3ccccc23)CC1. The zero-order valence-electron chi connectivity index (χ0n) is 15.3. The van der Waals surface area contributed by atoms with Crippen molar-refractivity contribution in [2.45, 2.75) is 0 Å². The number of anilines is 2. The molecule has 1 saturated heterocycles. The lowest BCUT2D eigenvalue weighted by Crippen LogP contribution is -2.47. The molecule has 0 atom stereocenters. The molecule has 1 fully saturated rings. The van der Waals surface area contributed by atoms with E-state index in [1.165, 1.54) is 0 Å². The van der Waals surface area contributed by atoms with E-state index in [2.05, 4.69) is 45.5 Å². The van der Waals surface area contributed by atoms with E-state index in [4.69, 9.17) is 21.6 Å². The van der Waals surface area contributed by atoms with Gasteiger partial charge in [-0.05, 0) is 35.7 Å². The van der Waals surface area contributed by atoms with Gasteiger partial charge in [0.25, 0.3) is 0 Å². The summed E-state index contributed by atoms with van der Waals surface area (Å²) in [7, 11) is 0. The lowest BCUT2D eigenvalue weighted by molar-refractivity contribution is 0.649. The van der Waals surface area contributed by atoms with Gasteiger partial charge in [-0.3, -0.25) is 0 Å². The molecule has 6 heteroatoms. The summed E-state index contributed by atoms with van der Waals surface area (Å²) < 4.78 is 0. The number of halogens is 1. The Labute approximate surface area is 173 Å². The minimum Gasteiger partial charge on any atom is -0.367 e. The first-order valence-corrected chi connectivity index (χ1v) is 10.6. The van der Waals surface area contributed by atoms with Crippen LogP contribution in [0.25, 0.3) is 21.6 Å². The topological polar surface area (TPSA) is 32.3 Å². The van der Waals surface area contributed by atoms with Crippen molar-refractivity contribution in [3.63, 3.8) is 0 Å². The number of nitrogens with zero attached hydrogens (tertiary/aromatic N) is 4. The molecule has 1 aliphatic heterocycles. The number of rotatable bonds is 3. The summed E-state index contributed by atoms with van der Waals surface area (Å²) in [6.07, 6.45) is 0. The molecule has 0 bridgehead atoms. The molecule has 4 aromatic rings. The van der Waals surface area contributed by atoms with Crippen molar-refractivity contribution in [2.75, 3.05) is 36.0 Å². The molecule has 0 N–H and O–H groups in total. The third kappa shape index (κ3) is 3.21. The average molecular weight is 407 g/mol. The number of fused-ring (bicyclic) bond motifs is 1. The molecule has 1 aliphatic rings. The molecule has 2 aromatic carbocycles. The summed E-state index contributed by atoms with van der Waals surface area (Å²) in [4.78, 5) is 15.6. The van der Waals surface area contributed by atoms with Gasteiger partial charge in [-0.2, -0.15) is 0 Å². The van der Waals surface area contributed by atoms with Gasteiger partial charge in [0.15, 0.2) is 5.82 Å². The van der Waals surface area contributed by atoms with Gasteiger partial charge >= 0.3 is 0 Å². The van der Waals surface area contributed by atoms with E-state index in [9.17, 15) is 0 Å². The maximum atomic E-state index is 6.39. The van der Waals surface area contributed by atoms with Crippen LogP contribution in [0.5, 0.6) is 0 Å². The molecule has 0 radical (unpaired) electrons. The highest BCUT2D eigenvalue weighted by atomic mass is 35.5. The molecule has 5 rings (SSSR count). The number of thiophene rings is 1. The van der Waals surface area contributed by atoms with Crippen LogP contribution in [0.15, 0.2) is 66.0 Å². The molecule has 2 aromatic heterocycles. The van der Waals surface area contributed by atoms with Crippen molar-refractivity contribution in [3.05, 3.63) is 71.1 Å². The highest BCUT2D eigenvalue weighted by Gasteiger charge is 2.22. The fourth-order valence-corrected chi connectivity index (χ4v) is 4.60. The van der Waals surface area contributed by atoms with Gasteiger partial charge in [-0.15, -0.1) is 11.3 Å². The van der Waals surface area contributed by atoms with Crippen LogP contribution >= 0.6 is 22.9 Å². The summed E-state index contributed by atoms with van der Waals surface area (Å²) in [6, 6.07) is 20.4. The van der Waals surface area contributed by atoms with Gasteiger partial charge in [0.1, 0.15) is 5.82 Å². The van der Waals surface area contributed by atoms with Gasteiger partial charge in [0, 0.05) is 31.6 Å². The first-order valence-electron chi connectivity index (χ1n) is 9.35. The summed E-state index contributed by atoms with van der Waals surface area (Å²) in [6.45, 7) is 3.62. The molecular weight excluding hydrogens is 388 g/mol. The van der Waals surface area contributed by atoms with Crippen molar-refractivity contribution in [2.24, 2.45) is 0 Å². The Bertz CT molecular complexity index is 1100.